The summed E-state index contributed by atoms with van der Waals surface area (Å²) < 4.78 is 5.08. The molecule has 5 nitrogen and oxygen atoms in total. The van der Waals surface area contributed by atoms with Crippen molar-refractivity contribution in [2.24, 2.45) is 0 Å². The summed E-state index contributed by atoms with van der Waals surface area (Å²) in [6.45, 7) is 1.30. The molecule has 3 aromatic rings. The molecule has 26 heavy (non-hydrogen) atoms. The van der Waals surface area contributed by atoms with Crippen molar-refractivity contribution in [1.82, 2.24) is 0 Å². The third-order valence-electron chi connectivity index (χ3n) is 3.59. The summed E-state index contributed by atoms with van der Waals surface area (Å²) >= 11 is 0. The van der Waals surface area contributed by atoms with E-state index in [1.165, 1.54) is 6.92 Å². The van der Waals surface area contributed by atoms with Crippen molar-refractivity contribution >= 4 is 28.9 Å². The van der Waals surface area contributed by atoms with Gasteiger partial charge >= 0.3 is 5.97 Å². The fourth-order valence-corrected chi connectivity index (χ4v) is 2.42. The molecule has 0 atom stereocenters. The fourth-order valence-electron chi connectivity index (χ4n) is 2.42. The van der Waals surface area contributed by atoms with Gasteiger partial charge in [0.2, 0.25) is 0 Å². The quantitative estimate of drug-likeness (QED) is 0.523. The molecule has 2 N–H and O–H groups in total. The Morgan fingerprint density at radius 1 is 0.731 bits per heavy atom. The zero-order valence-corrected chi connectivity index (χ0v) is 14.2. The minimum atomic E-state index is -0.471. The van der Waals surface area contributed by atoms with Crippen molar-refractivity contribution < 1.29 is 14.3 Å². The van der Waals surface area contributed by atoms with Crippen molar-refractivity contribution in [3.8, 4) is 5.75 Å². The van der Waals surface area contributed by atoms with Gasteiger partial charge in [-0.3, -0.25) is 9.59 Å². The molecule has 0 aliphatic heterocycles. The van der Waals surface area contributed by atoms with Crippen molar-refractivity contribution in [3.63, 3.8) is 0 Å². The average molecular weight is 346 g/mol. The Morgan fingerprint density at radius 2 is 1.31 bits per heavy atom. The lowest BCUT2D eigenvalue weighted by atomic mass is 10.1. The first-order valence-electron chi connectivity index (χ1n) is 8.13. The highest BCUT2D eigenvalue weighted by molar-refractivity contribution is 6.06. The van der Waals surface area contributed by atoms with E-state index in [2.05, 4.69) is 10.6 Å². The molecule has 0 saturated heterocycles. The Morgan fingerprint density at radius 3 is 2.00 bits per heavy atom. The van der Waals surface area contributed by atoms with Crippen LogP contribution in [0.1, 0.15) is 17.3 Å². The van der Waals surface area contributed by atoms with E-state index >= 15 is 0 Å². The Kier molecular flexibility index (Phi) is 5.29. The molecule has 0 radical (unpaired) electrons. The summed E-state index contributed by atoms with van der Waals surface area (Å²) in [4.78, 5) is 23.6. The molecule has 0 aliphatic rings. The number of rotatable bonds is 5. The van der Waals surface area contributed by atoms with Crippen LogP contribution in [0.25, 0.3) is 0 Å². The molecular weight excluding hydrogens is 328 g/mol. The van der Waals surface area contributed by atoms with E-state index in [-0.39, 0.29) is 11.7 Å². The lowest BCUT2D eigenvalue weighted by Gasteiger charge is -2.11. The average Bonchev–Trinajstić information content (AvgIpc) is 2.64. The number of hydrogen-bond donors (Lipinski definition) is 2. The van der Waals surface area contributed by atoms with Crippen LogP contribution in [0.2, 0.25) is 0 Å². The Bertz CT molecular complexity index is 906. The number of anilines is 3. The van der Waals surface area contributed by atoms with Crippen LogP contribution in [0.5, 0.6) is 5.75 Å². The summed E-state index contributed by atoms with van der Waals surface area (Å²) in [5.41, 5.74) is 2.84. The number of hydrogen-bond acceptors (Lipinski definition) is 4. The number of para-hydroxylation sites is 2. The Hall–Kier alpha value is -3.60. The van der Waals surface area contributed by atoms with Crippen LogP contribution in [-0.2, 0) is 4.79 Å². The largest absolute Gasteiger partial charge is 0.426 e. The number of nitrogens with one attached hydrogen (secondary N) is 2. The van der Waals surface area contributed by atoms with Gasteiger partial charge in [0, 0.05) is 24.0 Å². The summed E-state index contributed by atoms with van der Waals surface area (Å²) in [5.74, 6) is -0.577. The number of benzene rings is 3. The van der Waals surface area contributed by atoms with E-state index in [0.717, 1.165) is 11.4 Å². The SMILES string of the molecule is CC(=O)Oc1ccccc1C(=O)Nc1ccc(Nc2ccccc2)cc1. The standard InChI is InChI=1S/C21H18N2O3/c1-15(24)26-20-10-6-5-9-19(20)21(25)23-18-13-11-17(12-14-18)22-16-7-3-2-4-8-16/h2-14,22H,1H3,(H,23,25). The fraction of sp³-hybridized carbons (Fsp3) is 0.0476. The topological polar surface area (TPSA) is 67.4 Å². The molecule has 1 amide bonds. The Balaban J connectivity index is 1.69. The van der Waals surface area contributed by atoms with Gasteiger partial charge in [-0.05, 0) is 48.5 Å². The van der Waals surface area contributed by atoms with Gasteiger partial charge in [0.15, 0.2) is 0 Å². The maximum Gasteiger partial charge on any atom is 0.308 e. The monoisotopic (exact) mass is 346 g/mol. The van der Waals surface area contributed by atoms with Crippen LogP contribution in [0.4, 0.5) is 17.1 Å². The van der Waals surface area contributed by atoms with Crippen LogP contribution >= 0.6 is 0 Å². The third kappa shape index (κ3) is 4.48. The minimum Gasteiger partial charge on any atom is -0.426 e. The molecule has 0 aliphatic carbocycles. The van der Waals surface area contributed by atoms with E-state index in [4.69, 9.17) is 4.74 Å². The zero-order chi connectivity index (χ0) is 18.4. The van der Waals surface area contributed by atoms with Gasteiger partial charge in [0.25, 0.3) is 5.91 Å². The molecule has 0 aromatic heterocycles. The van der Waals surface area contributed by atoms with E-state index < -0.39 is 5.97 Å². The molecule has 0 fully saturated rings. The molecule has 0 spiro atoms. The normalized spacial score (nSPS) is 10.0. The van der Waals surface area contributed by atoms with E-state index in [0.29, 0.717) is 11.3 Å². The first-order chi connectivity index (χ1) is 12.6. The third-order valence-corrected chi connectivity index (χ3v) is 3.59. The molecule has 0 saturated carbocycles. The van der Waals surface area contributed by atoms with Crippen LogP contribution in [-0.4, -0.2) is 11.9 Å². The van der Waals surface area contributed by atoms with Gasteiger partial charge in [-0.2, -0.15) is 0 Å². The Labute approximate surface area is 151 Å². The van der Waals surface area contributed by atoms with Crippen molar-refractivity contribution in [3.05, 3.63) is 84.4 Å². The number of ether oxygens (including phenoxy) is 1. The maximum absolute atomic E-state index is 12.5. The van der Waals surface area contributed by atoms with Crippen molar-refractivity contribution in [2.45, 2.75) is 6.92 Å². The van der Waals surface area contributed by atoms with Gasteiger partial charge in [0.1, 0.15) is 5.75 Å². The van der Waals surface area contributed by atoms with Crippen LogP contribution in [0.3, 0.4) is 0 Å². The van der Waals surface area contributed by atoms with E-state index in [1.807, 2.05) is 42.5 Å². The summed E-state index contributed by atoms with van der Waals surface area (Å²) in [6, 6.07) is 23.8. The van der Waals surface area contributed by atoms with Gasteiger partial charge in [0.05, 0.1) is 5.56 Å². The molecule has 3 rings (SSSR count). The predicted octanol–water partition coefficient (Wildman–Crippen LogP) is 4.61. The van der Waals surface area contributed by atoms with Crippen LogP contribution < -0.4 is 15.4 Å². The summed E-state index contributed by atoms with van der Waals surface area (Å²) in [5, 5.41) is 6.08. The number of esters is 1. The molecule has 5 heteroatoms. The van der Waals surface area contributed by atoms with Gasteiger partial charge in [-0.25, -0.2) is 0 Å². The summed E-state index contributed by atoms with van der Waals surface area (Å²) in [7, 11) is 0. The highest BCUT2D eigenvalue weighted by Gasteiger charge is 2.13. The maximum atomic E-state index is 12.5. The van der Waals surface area contributed by atoms with Gasteiger partial charge in [-0.15, -0.1) is 0 Å². The second-order valence-electron chi connectivity index (χ2n) is 5.61. The number of carbonyl (C=O) groups excluding carboxylic acids is 2. The smallest absolute Gasteiger partial charge is 0.308 e. The molecule has 0 bridgehead atoms. The van der Waals surface area contributed by atoms with Crippen LogP contribution in [0, 0.1) is 0 Å². The van der Waals surface area contributed by atoms with E-state index in [1.54, 1.807) is 36.4 Å². The minimum absolute atomic E-state index is 0.236. The number of amides is 1. The predicted molar refractivity (Wildman–Crippen MR) is 102 cm³/mol. The van der Waals surface area contributed by atoms with Crippen molar-refractivity contribution in [1.29, 1.82) is 0 Å². The first-order valence-corrected chi connectivity index (χ1v) is 8.13. The van der Waals surface area contributed by atoms with Crippen LogP contribution in [0.15, 0.2) is 78.9 Å². The lowest BCUT2D eigenvalue weighted by Crippen LogP contribution is -2.14. The molecular formula is C21H18N2O3. The summed E-state index contributed by atoms with van der Waals surface area (Å²) in [6.07, 6.45) is 0. The van der Waals surface area contributed by atoms with Crippen molar-refractivity contribution in [2.75, 3.05) is 10.6 Å². The highest BCUT2D eigenvalue weighted by Crippen LogP contribution is 2.22. The number of carbonyl (C=O) groups is 2. The first kappa shape index (κ1) is 17.2. The lowest BCUT2D eigenvalue weighted by molar-refractivity contribution is -0.131. The molecule has 0 unspecified atom stereocenters. The highest BCUT2D eigenvalue weighted by atomic mass is 16.5. The second kappa shape index (κ2) is 7.98. The van der Waals surface area contributed by atoms with Gasteiger partial charge < -0.3 is 15.4 Å². The molecule has 130 valence electrons. The zero-order valence-electron chi connectivity index (χ0n) is 14.2. The van der Waals surface area contributed by atoms with E-state index in [9.17, 15) is 9.59 Å². The molecule has 0 heterocycles. The second-order valence-corrected chi connectivity index (χ2v) is 5.61. The van der Waals surface area contributed by atoms with Gasteiger partial charge in [-0.1, -0.05) is 30.3 Å². The molecule has 3 aromatic carbocycles.